The molecule has 0 saturated carbocycles. The summed E-state index contributed by atoms with van der Waals surface area (Å²) < 4.78 is 11.5. The van der Waals surface area contributed by atoms with Crippen LogP contribution in [0.5, 0.6) is 11.5 Å². The summed E-state index contributed by atoms with van der Waals surface area (Å²) in [5.41, 5.74) is 1.68. The normalized spacial score (nSPS) is 11.5. The second kappa shape index (κ2) is 10.2. The lowest BCUT2D eigenvalue weighted by atomic mass is 10.1. The molecule has 0 aliphatic rings. The Morgan fingerprint density at radius 2 is 1.86 bits per heavy atom. The van der Waals surface area contributed by atoms with E-state index < -0.39 is 12.0 Å². The topological polar surface area (TPSA) is 91.6 Å². The quantitative estimate of drug-likeness (QED) is 0.623. The number of carbonyl (C=O) groups is 1. The Balaban J connectivity index is 2.23. The molecule has 0 fully saturated rings. The summed E-state index contributed by atoms with van der Waals surface area (Å²) in [5.74, 6) is 0.647. The Hall–Kier alpha value is -3.20. The van der Waals surface area contributed by atoms with E-state index in [9.17, 15) is 9.90 Å². The maximum Gasteiger partial charge on any atom is 0.330 e. The van der Waals surface area contributed by atoms with Crippen LogP contribution in [0.25, 0.3) is 0 Å². The number of carboxylic acids is 1. The predicted molar refractivity (Wildman–Crippen MR) is 108 cm³/mol. The number of ether oxygens (including phenoxy) is 2. The molecule has 2 rings (SSSR count). The molecular formula is C22H26N2O4. The van der Waals surface area contributed by atoms with Crippen molar-refractivity contribution in [3.05, 3.63) is 53.6 Å². The van der Waals surface area contributed by atoms with Crippen LogP contribution in [0, 0.1) is 17.2 Å². The highest BCUT2D eigenvalue weighted by molar-refractivity contribution is 5.79. The average Bonchev–Trinajstić information content (AvgIpc) is 2.67. The minimum atomic E-state index is -1.01. The lowest BCUT2D eigenvalue weighted by molar-refractivity contribution is -0.138. The van der Waals surface area contributed by atoms with Crippen LogP contribution in [0.2, 0.25) is 0 Å². The molecule has 0 heterocycles. The van der Waals surface area contributed by atoms with Gasteiger partial charge in [0.2, 0.25) is 0 Å². The molecule has 6 nitrogen and oxygen atoms in total. The molecule has 148 valence electrons. The monoisotopic (exact) mass is 382 g/mol. The van der Waals surface area contributed by atoms with E-state index in [-0.39, 0.29) is 0 Å². The van der Waals surface area contributed by atoms with Gasteiger partial charge in [-0.05, 0) is 61.2 Å². The smallest absolute Gasteiger partial charge is 0.330 e. The van der Waals surface area contributed by atoms with Crippen molar-refractivity contribution in [2.45, 2.75) is 33.2 Å². The van der Waals surface area contributed by atoms with Crippen molar-refractivity contribution in [3.63, 3.8) is 0 Å². The first-order valence-electron chi connectivity index (χ1n) is 9.33. The number of nitrogens with one attached hydrogen (secondary N) is 1. The molecule has 1 atom stereocenters. The predicted octanol–water partition coefficient (Wildman–Crippen LogP) is 4.62. The molecule has 0 amide bonds. The zero-order chi connectivity index (χ0) is 20.5. The average molecular weight is 382 g/mol. The van der Waals surface area contributed by atoms with E-state index in [1.165, 1.54) is 0 Å². The molecule has 0 spiro atoms. The number of hydrogen-bond donors (Lipinski definition) is 2. The van der Waals surface area contributed by atoms with Crippen LogP contribution < -0.4 is 14.8 Å². The molecule has 6 heteroatoms. The number of carboxylic acid groups (broad SMARTS) is 1. The van der Waals surface area contributed by atoms with E-state index in [4.69, 9.17) is 14.7 Å². The number of rotatable bonds is 10. The molecule has 2 N–H and O–H groups in total. The van der Waals surface area contributed by atoms with Crippen LogP contribution >= 0.6 is 0 Å². The minimum absolute atomic E-state index is 0.449. The van der Waals surface area contributed by atoms with Gasteiger partial charge >= 0.3 is 5.97 Å². The molecule has 2 aromatic rings. The Labute approximate surface area is 165 Å². The number of nitriles is 1. The molecule has 0 aromatic heterocycles. The van der Waals surface area contributed by atoms with Crippen LogP contribution in [-0.2, 0) is 4.79 Å². The van der Waals surface area contributed by atoms with Crippen molar-refractivity contribution < 1.29 is 19.4 Å². The van der Waals surface area contributed by atoms with Gasteiger partial charge in [0.25, 0.3) is 0 Å². The van der Waals surface area contributed by atoms with E-state index in [0.29, 0.717) is 47.4 Å². The van der Waals surface area contributed by atoms with E-state index in [1.807, 2.05) is 13.0 Å². The van der Waals surface area contributed by atoms with Crippen molar-refractivity contribution in [1.29, 1.82) is 5.26 Å². The Morgan fingerprint density at radius 3 is 2.43 bits per heavy atom. The third kappa shape index (κ3) is 5.92. The van der Waals surface area contributed by atoms with Crippen LogP contribution in [-0.4, -0.2) is 24.3 Å². The van der Waals surface area contributed by atoms with Gasteiger partial charge in [0.05, 0.1) is 24.8 Å². The van der Waals surface area contributed by atoms with E-state index in [0.717, 1.165) is 6.42 Å². The zero-order valence-electron chi connectivity index (χ0n) is 16.4. The fraction of sp³-hybridized carbons (Fsp3) is 0.364. The maximum atomic E-state index is 11.8. The van der Waals surface area contributed by atoms with Gasteiger partial charge in [-0.2, -0.15) is 5.26 Å². The molecule has 2 aromatic carbocycles. The van der Waals surface area contributed by atoms with Gasteiger partial charge in [-0.3, -0.25) is 0 Å². The number of benzene rings is 2. The fourth-order valence-electron chi connectivity index (χ4n) is 2.59. The summed E-state index contributed by atoms with van der Waals surface area (Å²) in [6.45, 7) is 7.15. The summed E-state index contributed by atoms with van der Waals surface area (Å²) >= 11 is 0. The zero-order valence-corrected chi connectivity index (χ0v) is 16.4. The first-order valence-corrected chi connectivity index (χ1v) is 9.33. The third-order valence-corrected chi connectivity index (χ3v) is 4.13. The van der Waals surface area contributed by atoms with Crippen molar-refractivity contribution in [1.82, 2.24) is 0 Å². The van der Waals surface area contributed by atoms with E-state index in [1.54, 1.807) is 42.5 Å². The molecule has 0 aliphatic heterocycles. The van der Waals surface area contributed by atoms with Crippen molar-refractivity contribution in [2.75, 3.05) is 18.5 Å². The summed E-state index contributed by atoms with van der Waals surface area (Å²) in [6.07, 6.45) is 0.922. The highest BCUT2D eigenvalue weighted by atomic mass is 16.5. The molecule has 1 unspecified atom stereocenters. The first-order chi connectivity index (χ1) is 13.4. The van der Waals surface area contributed by atoms with E-state index in [2.05, 4.69) is 19.2 Å². The SMILES string of the molecule is CCOc1cc(C(Nc2ccc(C#N)cc2)C(=O)O)ccc1OCCC(C)C. The molecule has 0 aliphatic carbocycles. The second-order valence-electron chi connectivity index (χ2n) is 6.77. The minimum Gasteiger partial charge on any atom is -0.490 e. The third-order valence-electron chi connectivity index (χ3n) is 4.13. The largest absolute Gasteiger partial charge is 0.490 e. The Bertz CT molecular complexity index is 825. The summed E-state index contributed by atoms with van der Waals surface area (Å²) in [4.78, 5) is 11.8. The van der Waals surface area contributed by atoms with Gasteiger partial charge in [0, 0.05) is 5.69 Å². The van der Waals surface area contributed by atoms with Gasteiger partial charge in [0.15, 0.2) is 17.5 Å². The molecule has 0 radical (unpaired) electrons. The van der Waals surface area contributed by atoms with Crippen molar-refractivity contribution in [3.8, 4) is 17.6 Å². The van der Waals surface area contributed by atoms with Crippen LogP contribution in [0.1, 0.15) is 44.4 Å². The van der Waals surface area contributed by atoms with Gasteiger partial charge in [-0.1, -0.05) is 19.9 Å². The van der Waals surface area contributed by atoms with Crippen LogP contribution in [0.15, 0.2) is 42.5 Å². The lowest BCUT2D eigenvalue weighted by Crippen LogP contribution is -2.20. The van der Waals surface area contributed by atoms with Gasteiger partial charge in [-0.25, -0.2) is 4.79 Å². The van der Waals surface area contributed by atoms with Crippen molar-refractivity contribution >= 4 is 11.7 Å². The standard InChI is InChI=1S/C22H26N2O4/c1-4-27-20-13-17(7-10-19(20)28-12-11-15(2)3)21(22(25)26)24-18-8-5-16(14-23)6-9-18/h5-10,13,15,21,24H,4,11-12H2,1-3H3,(H,25,26). The number of hydrogen-bond acceptors (Lipinski definition) is 5. The van der Waals surface area contributed by atoms with Crippen molar-refractivity contribution in [2.24, 2.45) is 5.92 Å². The summed E-state index contributed by atoms with van der Waals surface area (Å²) in [6, 6.07) is 12.9. The molecule has 0 saturated heterocycles. The Kier molecular flexibility index (Phi) is 7.70. The maximum absolute atomic E-state index is 11.8. The molecule has 28 heavy (non-hydrogen) atoms. The lowest BCUT2D eigenvalue weighted by Gasteiger charge is -2.19. The number of nitrogens with zero attached hydrogens (tertiary/aromatic N) is 1. The number of anilines is 1. The van der Waals surface area contributed by atoms with Crippen LogP contribution in [0.3, 0.4) is 0 Å². The second-order valence-corrected chi connectivity index (χ2v) is 6.77. The summed E-state index contributed by atoms with van der Waals surface area (Å²) in [5, 5.41) is 21.6. The number of aliphatic carboxylic acids is 1. The van der Waals surface area contributed by atoms with Gasteiger partial charge in [-0.15, -0.1) is 0 Å². The highest BCUT2D eigenvalue weighted by Crippen LogP contribution is 2.32. The fourth-order valence-corrected chi connectivity index (χ4v) is 2.59. The molecular weight excluding hydrogens is 356 g/mol. The highest BCUT2D eigenvalue weighted by Gasteiger charge is 2.21. The Morgan fingerprint density at radius 1 is 1.14 bits per heavy atom. The first kappa shape index (κ1) is 21.1. The van der Waals surface area contributed by atoms with Gasteiger partial charge < -0.3 is 19.9 Å². The van der Waals surface area contributed by atoms with E-state index >= 15 is 0 Å². The molecule has 0 bridgehead atoms. The van der Waals surface area contributed by atoms with Crippen LogP contribution in [0.4, 0.5) is 5.69 Å². The van der Waals surface area contributed by atoms with Gasteiger partial charge in [0.1, 0.15) is 0 Å². The summed E-state index contributed by atoms with van der Waals surface area (Å²) in [7, 11) is 0.